The number of aliphatic hydroxyl groups is 4. The number of rotatable bonds is 3. The molecule has 0 radical (unpaired) electrons. The van der Waals surface area contributed by atoms with Gasteiger partial charge in [0.25, 0.3) is 0 Å². The minimum absolute atomic E-state index is 0.139. The van der Waals surface area contributed by atoms with Crippen molar-refractivity contribution in [2.45, 2.75) is 39.1 Å². The molecule has 0 amide bonds. The van der Waals surface area contributed by atoms with Crippen LogP contribution in [0.1, 0.15) is 20.8 Å². The zero-order chi connectivity index (χ0) is 14.6. The van der Waals surface area contributed by atoms with Crippen molar-refractivity contribution in [2.75, 3.05) is 6.61 Å². The standard InChI is InChI=1S/2C3H6O3.C3H8O2/c2*1-2(4)3(5)6;1-3(5)2-4/h2*2,4H,1H3,(H,5,6);3-5H,2H2,1H3. The van der Waals surface area contributed by atoms with E-state index in [2.05, 4.69) is 0 Å². The van der Waals surface area contributed by atoms with Crippen molar-refractivity contribution in [3.05, 3.63) is 0 Å². The molecular weight excluding hydrogens is 236 g/mol. The predicted octanol–water partition coefficient (Wildman–Crippen LogP) is -1.74. The summed E-state index contributed by atoms with van der Waals surface area (Å²) in [6.45, 7) is 3.78. The summed E-state index contributed by atoms with van der Waals surface area (Å²) in [6, 6.07) is 0. The topological polar surface area (TPSA) is 156 Å². The molecule has 3 unspecified atom stereocenters. The van der Waals surface area contributed by atoms with E-state index < -0.39 is 30.3 Å². The summed E-state index contributed by atoms with van der Waals surface area (Å²) in [5.41, 5.74) is 0. The van der Waals surface area contributed by atoms with Gasteiger partial charge >= 0.3 is 11.9 Å². The van der Waals surface area contributed by atoms with E-state index in [0.717, 1.165) is 0 Å². The van der Waals surface area contributed by atoms with E-state index in [1.807, 2.05) is 0 Å². The lowest BCUT2D eigenvalue weighted by Crippen LogP contribution is -2.13. The molecule has 3 atom stereocenters. The maximum Gasteiger partial charge on any atom is 0.332 e. The lowest BCUT2D eigenvalue weighted by molar-refractivity contribution is -0.146. The van der Waals surface area contributed by atoms with Crippen LogP contribution in [0.25, 0.3) is 0 Å². The van der Waals surface area contributed by atoms with Crippen molar-refractivity contribution in [1.82, 2.24) is 0 Å². The molecule has 0 heterocycles. The van der Waals surface area contributed by atoms with Crippen molar-refractivity contribution in [3.63, 3.8) is 0 Å². The molecule has 0 bridgehead atoms. The van der Waals surface area contributed by atoms with E-state index >= 15 is 0 Å². The molecule has 0 rings (SSSR count). The highest BCUT2D eigenvalue weighted by atomic mass is 16.4. The van der Waals surface area contributed by atoms with Gasteiger partial charge in [-0.2, -0.15) is 0 Å². The Morgan fingerprint density at radius 2 is 1.00 bits per heavy atom. The number of aliphatic carboxylic acids is 2. The highest BCUT2D eigenvalue weighted by Gasteiger charge is 2.01. The Labute approximate surface area is 98.8 Å². The van der Waals surface area contributed by atoms with Gasteiger partial charge in [-0.15, -0.1) is 0 Å². The Kier molecular flexibility index (Phi) is 16.0. The number of hydrogen-bond acceptors (Lipinski definition) is 6. The third kappa shape index (κ3) is 31.3. The zero-order valence-corrected chi connectivity index (χ0v) is 9.94. The molecule has 0 saturated heterocycles. The molecule has 8 heteroatoms. The monoisotopic (exact) mass is 256 g/mol. The average molecular weight is 256 g/mol. The van der Waals surface area contributed by atoms with Gasteiger partial charge < -0.3 is 30.6 Å². The molecule has 0 fully saturated rings. The molecule has 8 nitrogen and oxygen atoms in total. The van der Waals surface area contributed by atoms with E-state index in [4.69, 9.17) is 30.6 Å². The second-order valence-electron chi connectivity index (χ2n) is 3.06. The highest BCUT2D eigenvalue weighted by Crippen LogP contribution is 1.74. The van der Waals surface area contributed by atoms with E-state index in [0.29, 0.717) is 0 Å². The maximum absolute atomic E-state index is 9.45. The lowest BCUT2D eigenvalue weighted by Gasteiger charge is -1.90. The Morgan fingerprint density at radius 3 is 1.00 bits per heavy atom. The second kappa shape index (κ2) is 12.8. The maximum atomic E-state index is 9.45. The number of carbonyl (C=O) groups is 2. The fourth-order valence-electron chi connectivity index (χ4n) is 0. The Bertz CT molecular complexity index is 181. The first kappa shape index (κ1) is 21.1. The number of hydrogen-bond donors (Lipinski definition) is 6. The van der Waals surface area contributed by atoms with Crippen LogP contribution in [0, 0.1) is 0 Å². The van der Waals surface area contributed by atoms with Crippen LogP contribution in [0.3, 0.4) is 0 Å². The van der Waals surface area contributed by atoms with Crippen LogP contribution in [-0.4, -0.2) is 67.5 Å². The first-order valence-electron chi connectivity index (χ1n) is 4.66. The molecule has 0 aromatic carbocycles. The summed E-state index contributed by atoms with van der Waals surface area (Å²) in [6.07, 6.45) is -3.02. The first-order valence-corrected chi connectivity index (χ1v) is 4.66. The van der Waals surface area contributed by atoms with E-state index in [1.165, 1.54) is 20.8 Å². The van der Waals surface area contributed by atoms with Crippen LogP contribution in [-0.2, 0) is 9.59 Å². The Balaban J connectivity index is -0.000000174. The lowest BCUT2D eigenvalue weighted by atomic mass is 10.4. The van der Waals surface area contributed by atoms with Gasteiger partial charge in [0, 0.05) is 0 Å². The average Bonchev–Trinajstić information content (AvgIpc) is 2.19. The van der Waals surface area contributed by atoms with Crippen molar-refractivity contribution in [3.8, 4) is 0 Å². The molecule has 0 aromatic rings. The summed E-state index contributed by atoms with van der Waals surface area (Å²) in [7, 11) is 0. The summed E-state index contributed by atoms with van der Waals surface area (Å²) in [4.78, 5) is 18.9. The summed E-state index contributed by atoms with van der Waals surface area (Å²) in [5.74, 6) is -2.37. The molecule has 0 aromatic heterocycles. The molecule has 104 valence electrons. The normalized spacial score (nSPS) is 14.1. The number of carboxylic acid groups (broad SMARTS) is 2. The Morgan fingerprint density at radius 1 is 0.882 bits per heavy atom. The first-order chi connectivity index (χ1) is 7.56. The van der Waals surface area contributed by atoms with Crippen LogP contribution < -0.4 is 0 Å². The molecule has 0 saturated carbocycles. The van der Waals surface area contributed by atoms with Gasteiger partial charge in [0.1, 0.15) is 12.2 Å². The molecule has 0 aliphatic carbocycles. The van der Waals surface area contributed by atoms with Gasteiger partial charge in [-0.3, -0.25) is 0 Å². The molecule has 0 spiro atoms. The molecule has 0 aliphatic rings. The van der Waals surface area contributed by atoms with Gasteiger partial charge in [-0.1, -0.05) is 0 Å². The van der Waals surface area contributed by atoms with Crippen LogP contribution >= 0.6 is 0 Å². The van der Waals surface area contributed by atoms with Crippen LogP contribution in [0.2, 0.25) is 0 Å². The van der Waals surface area contributed by atoms with Crippen molar-refractivity contribution >= 4 is 11.9 Å². The van der Waals surface area contributed by atoms with E-state index in [9.17, 15) is 9.59 Å². The fourth-order valence-corrected chi connectivity index (χ4v) is 0. The van der Waals surface area contributed by atoms with Crippen molar-refractivity contribution < 1.29 is 40.2 Å². The van der Waals surface area contributed by atoms with Crippen LogP contribution in [0.15, 0.2) is 0 Å². The number of aliphatic hydroxyl groups excluding tert-OH is 4. The molecule has 17 heavy (non-hydrogen) atoms. The van der Waals surface area contributed by atoms with Crippen molar-refractivity contribution in [1.29, 1.82) is 0 Å². The second-order valence-corrected chi connectivity index (χ2v) is 3.06. The SMILES string of the molecule is CC(O)C(=O)O.CC(O)C(=O)O.CC(O)CO. The molecule has 6 N–H and O–H groups in total. The minimum Gasteiger partial charge on any atom is -0.479 e. The highest BCUT2D eigenvalue weighted by molar-refractivity contribution is 5.71. The number of carboxylic acids is 2. The van der Waals surface area contributed by atoms with Crippen LogP contribution in [0.4, 0.5) is 0 Å². The smallest absolute Gasteiger partial charge is 0.332 e. The van der Waals surface area contributed by atoms with E-state index in [1.54, 1.807) is 0 Å². The quantitative estimate of drug-likeness (QED) is 0.347. The van der Waals surface area contributed by atoms with E-state index in [-0.39, 0.29) is 6.61 Å². The molecular formula is C9H20O8. The third-order valence-corrected chi connectivity index (χ3v) is 0.979. The zero-order valence-electron chi connectivity index (χ0n) is 9.94. The summed E-state index contributed by atoms with van der Waals surface area (Å²) < 4.78 is 0. The van der Waals surface area contributed by atoms with Crippen molar-refractivity contribution in [2.24, 2.45) is 0 Å². The van der Waals surface area contributed by atoms with Gasteiger partial charge in [-0.05, 0) is 20.8 Å². The van der Waals surface area contributed by atoms with Gasteiger partial charge in [0.2, 0.25) is 0 Å². The predicted molar refractivity (Wildman–Crippen MR) is 57.4 cm³/mol. The van der Waals surface area contributed by atoms with Crippen LogP contribution in [0.5, 0.6) is 0 Å². The van der Waals surface area contributed by atoms with Gasteiger partial charge in [-0.25, -0.2) is 9.59 Å². The minimum atomic E-state index is -1.23. The fraction of sp³-hybridized carbons (Fsp3) is 0.778. The van der Waals surface area contributed by atoms with Gasteiger partial charge in [0.15, 0.2) is 0 Å². The van der Waals surface area contributed by atoms with Gasteiger partial charge in [0.05, 0.1) is 12.7 Å². The summed E-state index contributed by atoms with van der Waals surface area (Å²) in [5, 5.41) is 47.5. The molecule has 0 aliphatic heterocycles. The third-order valence-electron chi connectivity index (χ3n) is 0.979. The largest absolute Gasteiger partial charge is 0.479 e. The Hall–Kier alpha value is -1.22. The summed E-state index contributed by atoms with van der Waals surface area (Å²) >= 11 is 0.